The fourth-order valence-corrected chi connectivity index (χ4v) is 0.306. The molecule has 0 aliphatic rings. The van der Waals surface area contributed by atoms with Gasteiger partial charge in [0.2, 0.25) is 0 Å². The van der Waals surface area contributed by atoms with Crippen LogP contribution in [0.15, 0.2) is 0 Å². The number of hydrogen-bond acceptors (Lipinski definition) is 6. The van der Waals surface area contributed by atoms with Crippen LogP contribution in [0.1, 0.15) is 20.8 Å². The monoisotopic (exact) mass is 324 g/mol. The molecule has 0 fully saturated rings. The number of rotatable bonds is 4. The zero-order valence-electron chi connectivity index (χ0n) is 11.4. The SMILES string of the molecule is CC(=O)O.CC(=O)O.CC(=O)O.NCCNCCO.[KH]. The van der Waals surface area contributed by atoms with Gasteiger partial charge in [-0.3, -0.25) is 14.4 Å². The Kier molecular flexibility index (Phi) is 50.2. The zero-order valence-corrected chi connectivity index (χ0v) is 11.4. The maximum absolute atomic E-state index is 9.00. The Hall–Kier alpha value is -0.0736. The third-order valence-corrected chi connectivity index (χ3v) is 0.610. The molecule has 9 nitrogen and oxygen atoms in total. The van der Waals surface area contributed by atoms with Crippen LogP contribution in [0.2, 0.25) is 0 Å². The van der Waals surface area contributed by atoms with Crippen molar-refractivity contribution >= 4 is 69.3 Å². The predicted molar refractivity (Wildman–Crippen MR) is 76.1 cm³/mol. The normalized spacial score (nSPS) is 7.05. The van der Waals surface area contributed by atoms with E-state index in [1.54, 1.807) is 0 Å². The number of nitrogens with two attached hydrogens (primary N) is 1. The average molecular weight is 324 g/mol. The van der Waals surface area contributed by atoms with Crippen LogP contribution in [0.3, 0.4) is 0 Å². The number of carbonyl (C=O) groups is 3. The summed E-state index contributed by atoms with van der Waals surface area (Å²) in [6.45, 7) is 5.53. The zero-order chi connectivity index (χ0) is 16.3. The summed E-state index contributed by atoms with van der Waals surface area (Å²) in [5, 5.41) is 33.3. The van der Waals surface area contributed by atoms with Gasteiger partial charge in [0.05, 0.1) is 6.61 Å². The fourth-order valence-electron chi connectivity index (χ4n) is 0.306. The molecule has 0 atom stereocenters. The fraction of sp³-hybridized carbons (Fsp3) is 0.700. The summed E-state index contributed by atoms with van der Waals surface area (Å²) in [7, 11) is 0. The third-order valence-electron chi connectivity index (χ3n) is 0.610. The van der Waals surface area contributed by atoms with Gasteiger partial charge in [-0.05, 0) is 0 Å². The van der Waals surface area contributed by atoms with E-state index >= 15 is 0 Å². The van der Waals surface area contributed by atoms with E-state index < -0.39 is 17.9 Å². The second kappa shape index (κ2) is 31.4. The molecule has 0 heterocycles. The van der Waals surface area contributed by atoms with E-state index in [1.807, 2.05) is 0 Å². The van der Waals surface area contributed by atoms with Gasteiger partial charge in [-0.2, -0.15) is 0 Å². The van der Waals surface area contributed by atoms with E-state index in [0.717, 1.165) is 27.3 Å². The summed E-state index contributed by atoms with van der Waals surface area (Å²) in [5.74, 6) is -2.50. The molecule has 0 unspecified atom stereocenters. The van der Waals surface area contributed by atoms with Crippen molar-refractivity contribution < 1.29 is 34.8 Å². The minimum atomic E-state index is -0.833. The van der Waals surface area contributed by atoms with Crippen LogP contribution >= 0.6 is 0 Å². The van der Waals surface area contributed by atoms with Gasteiger partial charge in [0.1, 0.15) is 0 Å². The summed E-state index contributed by atoms with van der Waals surface area (Å²) >= 11 is 0. The molecule has 0 radical (unpaired) electrons. The van der Waals surface area contributed by atoms with Crippen LogP contribution in [-0.4, -0.2) is 116 Å². The quantitative estimate of drug-likeness (QED) is 0.256. The second-order valence-corrected chi connectivity index (χ2v) is 2.82. The molecule has 118 valence electrons. The Morgan fingerprint density at radius 1 is 0.900 bits per heavy atom. The molecular formula is C10H25KN2O7. The molecule has 0 amide bonds. The second-order valence-electron chi connectivity index (χ2n) is 2.82. The van der Waals surface area contributed by atoms with Gasteiger partial charge >= 0.3 is 51.4 Å². The number of hydrogen-bond donors (Lipinski definition) is 6. The summed E-state index contributed by atoms with van der Waals surface area (Å²) in [4.78, 5) is 27.0. The Morgan fingerprint density at radius 2 is 1.15 bits per heavy atom. The summed E-state index contributed by atoms with van der Waals surface area (Å²) in [6, 6.07) is 0. The topological polar surface area (TPSA) is 170 Å². The van der Waals surface area contributed by atoms with Crippen LogP contribution in [0, 0.1) is 0 Å². The molecule has 0 rings (SSSR count). The van der Waals surface area contributed by atoms with Gasteiger partial charge in [-0.1, -0.05) is 0 Å². The van der Waals surface area contributed by atoms with Gasteiger partial charge in [0.15, 0.2) is 0 Å². The van der Waals surface area contributed by atoms with Crippen molar-refractivity contribution in [1.82, 2.24) is 5.32 Å². The van der Waals surface area contributed by atoms with Crippen LogP contribution in [-0.2, 0) is 14.4 Å². The number of carboxylic acid groups (broad SMARTS) is 3. The van der Waals surface area contributed by atoms with Crippen molar-refractivity contribution in [3.05, 3.63) is 0 Å². The van der Waals surface area contributed by atoms with Crippen molar-refractivity contribution in [2.75, 3.05) is 26.2 Å². The first-order valence-electron chi connectivity index (χ1n) is 5.21. The molecule has 0 aromatic rings. The van der Waals surface area contributed by atoms with Crippen molar-refractivity contribution in [2.24, 2.45) is 5.73 Å². The first-order chi connectivity index (χ1) is 8.61. The molecule has 10 heteroatoms. The Bertz CT molecular complexity index is 183. The van der Waals surface area contributed by atoms with E-state index in [9.17, 15) is 0 Å². The van der Waals surface area contributed by atoms with E-state index in [4.69, 9.17) is 40.5 Å². The molecule has 0 aliphatic heterocycles. The molecule has 20 heavy (non-hydrogen) atoms. The first kappa shape index (κ1) is 32.0. The number of aliphatic hydroxyl groups is 1. The summed E-state index contributed by atoms with van der Waals surface area (Å²) < 4.78 is 0. The Morgan fingerprint density at radius 3 is 1.30 bits per heavy atom. The van der Waals surface area contributed by atoms with Gasteiger partial charge < -0.3 is 31.5 Å². The van der Waals surface area contributed by atoms with Crippen molar-refractivity contribution in [3.8, 4) is 0 Å². The van der Waals surface area contributed by atoms with Crippen molar-refractivity contribution in [2.45, 2.75) is 20.8 Å². The van der Waals surface area contributed by atoms with Crippen LogP contribution in [0.5, 0.6) is 0 Å². The number of aliphatic hydroxyl groups excluding tert-OH is 1. The van der Waals surface area contributed by atoms with Gasteiger partial charge in [0.25, 0.3) is 17.9 Å². The summed E-state index contributed by atoms with van der Waals surface area (Å²) in [6.07, 6.45) is 0. The molecule has 0 bridgehead atoms. The molecule has 0 saturated carbocycles. The van der Waals surface area contributed by atoms with Gasteiger partial charge in [-0.25, -0.2) is 0 Å². The van der Waals surface area contributed by atoms with E-state index in [2.05, 4.69) is 5.32 Å². The number of carboxylic acids is 3. The van der Waals surface area contributed by atoms with Gasteiger partial charge in [0, 0.05) is 40.4 Å². The maximum atomic E-state index is 9.00. The molecule has 0 aliphatic carbocycles. The van der Waals surface area contributed by atoms with E-state index in [1.165, 1.54) is 0 Å². The Balaban J connectivity index is -0.0000000512. The Labute approximate surface area is 161 Å². The number of nitrogens with one attached hydrogen (secondary N) is 1. The third kappa shape index (κ3) is 333. The minimum absolute atomic E-state index is 0. The molecular weight excluding hydrogens is 299 g/mol. The molecule has 7 N–H and O–H groups in total. The van der Waals surface area contributed by atoms with Crippen molar-refractivity contribution in [1.29, 1.82) is 0 Å². The summed E-state index contributed by atoms with van der Waals surface area (Å²) in [5.41, 5.74) is 5.13. The van der Waals surface area contributed by atoms with E-state index in [0.29, 0.717) is 13.1 Å². The molecule has 0 saturated heterocycles. The standard InChI is InChI=1S/C4H12N2O.3C2H4O2.K.H/c5-1-2-6-3-4-7;3*1-2(3)4;;/h6-7H,1-5H2;3*1H3,(H,3,4);;. The first-order valence-corrected chi connectivity index (χ1v) is 5.21. The van der Waals surface area contributed by atoms with Gasteiger partial charge in [-0.15, -0.1) is 0 Å². The van der Waals surface area contributed by atoms with Crippen LogP contribution in [0.4, 0.5) is 0 Å². The van der Waals surface area contributed by atoms with Crippen LogP contribution < -0.4 is 11.1 Å². The predicted octanol–water partition coefficient (Wildman–Crippen LogP) is -1.85. The average Bonchev–Trinajstić information content (AvgIpc) is 2.15. The van der Waals surface area contributed by atoms with Crippen LogP contribution in [0.25, 0.3) is 0 Å². The number of aliphatic carboxylic acids is 3. The van der Waals surface area contributed by atoms with Crippen molar-refractivity contribution in [3.63, 3.8) is 0 Å². The van der Waals surface area contributed by atoms with E-state index in [-0.39, 0.29) is 58.0 Å². The molecule has 0 spiro atoms. The molecule has 0 aromatic heterocycles. The molecule has 0 aromatic carbocycles.